The van der Waals surface area contributed by atoms with E-state index in [1.807, 2.05) is 24.3 Å². The Bertz CT molecular complexity index is 545. The fraction of sp³-hybridized carbons (Fsp3) is 0. The van der Waals surface area contributed by atoms with Crippen LogP contribution in [0.25, 0.3) is 17.0 Å². The predicted molar refractivity (Wildman–Crippen MR) is 62.0 cm³/mol. The molecule has 0 atom stereocenters. The zero-order valence-corrected chi connectivity index (χ0v) is 9.19. The van der Waals surface area contributed by atoms with Crippen LogP contribution in [0.3, 0.4) is 0 Å². The number of fused-ring (bicyclic) bond motifs is 1. The second-order valence-corrected chi connectivity index (χ2v) is 3.97. The van der Waals surface area contributed by atoms with Crippen molar-refractivity contribution in [2.24, 2.45) is 0 Å². The lowest BCUT2D eigenvalue weighted by molar-refractivity contribution is -0.400. The van der Waals surface area contributed by atoms with E-state index in [-0.39, 0.29) is 0 Å². The molecule has 0 aliphatic carbocycles. The van der Waals surface area contributed by atoms with Gasteiger partial charge in [-0.1, -0.05) is 15.9 Å². The van der Waals surface area contributed by atoms with E-state index in [1.54, 1.807) is 0 Å². The summed E-state index contributed by atoms with van der Waals surface area (Å²) >= 11 is 3.36. The normalized spacial score (nSPS) is 11.3. The molecule has 1 N–H and O–H groups in total. The highest BCUT2D eigenvalue weighted by Crippen LogP contribution is 2.20. The molecule has 1 heterocycles. The molecular weight excluding hydrogens is 260 g/mol. The van der Waals surface area contributed by atoms with E-state index in [9.17, 15) is 10.1 Å². The first kappa shape index (κ1) is 9.92. The van der Waals surface area contributed by atoms with Crippen LogP contribution in [0.5, 0.6) is 0 Å². The van der Waals surface area contributed by atoms with Gasteiger partial charge in [0.05, 0.1) is 4.92 Å². The lowest BCUT2D eigenvalue weighted by atomic mass is 10.2. The van der Waals surface area contributed by atoms with Crippen LogP contribution in [0.15, 0.2) is 34.9 Å². The van der Waals surface area contributed by atoms with Crippen molar-refractivity contribution < 1.29 is 4.92 Å². The van der Waals surface area contributed by atoms with Gasteiger partial charge in [0.15, 0.2) is 0 Å². The molecule has 4 nitrogen and oxygen atoms in total. The number of halogens is 1. The van der Waals surface area contributed by atoms with Gasteiger partial charge in [0.1, 0.15) is 0 Å². The van der Waals surface area contributed by atoms with Crippen molar-refractivity contribution in [3.63, 3.8) is 0 Å². The lowest BCUT2D eigenvalue weighted by Gasteiger charge is -1.89. The maximum atomic E-state index is 10.1. The maximum absolute atomic E-state index is 10.1. The third-order valence-electron chi connectivity index (χ3n) is 1.98. The van der Waals surface area contributed by atoms with Gasteiger partial charge in [0, 0.05) is 27.1 Å². The monoisotopic (exact) mass is 266 g/mol. The van der Waals surface area contributed by atoms with Crippen molar-refractivity contribution in [2.75, 3.05) is 0 Å². The number of nitrogens with zero attached hydrogens (tertiary/aromatic N) is 1. The highest BCUT2D eigenvalue weighted by atomic mass is 79.9. The first-order chi connectivity index (χ1) is 7.15. The lowest BCUT2D eigenvalue weighted by Crippen LogP contribution is -1.81. The van der Waals surface area contributed by atoms with Gasteiger partial charge in [-0.3, -0.25) is 10.1 Å². The zero-order valence-electron chi connectivity index (χ0n) is 7.61. The van der Waals surface area contributed by atoms with E-state index in [4.69, 9.17) is 0 Å². The van der Waals surface area contributed by atoms with Crippen LogP contribution in [0.1, 0.15) is 5.69 Å². The van der Waals surface area contributed by atoms with E-state index >= 15 is 0 Å². The van der Waals surface area contributed by atoms with Crippen LogP contribution in [-0.4, -0.2) is 9.91 Å². The zero-order chi connectivity index (χ0) is 10.8. The standard InChI is InChI=1S/C10H7BrN2O2/c11-8-1-2-10-7(5-8)6-9(12-10)3-4-13(14)15/h1-6,12H/b4-3+. The fourth-order valence-electron chi connectivity index (χ4n) is 1.36. The van der Waals surface area contributed by atoms with E-state index in [1.165, 1.54) is 6.08 Å². The van der Waals surface area contributed by atoms with E-state index in [0.29, 0.717) is 0 Å². The number of hydrogen-bond acceptors (Lipinski definition) is 2. The molecule has 1 aromatic carbocycles. The van der Waals surface area contributed by atoms with Crippen LogP contribution in [-0.2, 0) is 0 Å². The van der Waals surface area contributed by atoms with Crippen LogP contribution >= 0.6 is 15.9 Å². The van der Waals surface area contributed by atoms with Crippen molar-refractivity contribution in [2.45, 2.75) is 0 Å². The SMILES string of the molecule is O=[N+]([O-])/C=C/c1cc2cc(Br)ccc2[nH]1. The highest BCUT2D eigenvalue weighted by molar-refractivity contribution is 9.10. The van der Waals surface area contributed by atoms with Crippen LogP contribution in [0.2, 0.25) is 0 Å². The molecule has 0 saturated heterocycles. The second-order valence-electron chi connectivity index (χ2n) is 3.06. The van der Waals surface area contributed by atoms with Crippen molar-refractivity contribution in [1.82, 2.24) is 4.98 Å². The van der Waals surface area contributed by atoms with Gasteiger partial charge in [-0.15, -0.1) is 0 Å². The van der Waals surface area contributed by atoms with Crippen molar-refractivity contribution in [1.29, 1.82) is 0 Å². The molecule has 0 amide bonds. The molecule has 0 aliphatic heterocycles. The molecule has 0 bridgehead atoms. The molecule has 1 aromatic heterocycles. The summed E-state index contributed by atoms with van der Waals surface area (Å²) in [4.78, 5) is 12.7. The molecule has 0 unspecified atom stereocenters. The summed E-state index contributed by atoms with van der Waals surface area (Å²) in [5, 5.41) is 11.2. The smallest absolute Gasteiger partial charge is 0.236 e. The number of nitrogens with one attached hydrogen (secondary N) is 1. The Labute approximate surface area is 93.9 Å². The highest BCUT2D eigenvalue weighted by Gasteiger charge is 1.99. The number of aromatic amines is 1. The third kappa shape index (κ3) is 2.24. The van der Waals surface area contributed by atoms with Gasteiger partial charge in [0.25, 0.3) is 0 Å². The molecule has 0 aliphatic rings. The molecule has 0 spiro atoms. The first-order valence-electron chi connectivity index (χ1n) is 4.25. The fourth-order valence-corrected chi connectivity index (χ4v) is 1.74. The van der Waals surface area contributed by atoms with Gasteiger partial charge in [-0.25, -0.2) is 0 Å². The van der Waals surface area contributed by atoms with Gasteiger partial charge < -0.3 is 4.98 Å². The van der Waals surface area contributed by atoms with E-state index < -0.39 is 4.92 Å². The summed E-state index contributed by atoms with van der Waals surface area (Å²) in [7, 11) is 0. The summed E-state index contributed by atoms with van der Waals surface area (Å²) in [6.45, 7) is 0. The summed E-state index contributed by atoms with van der Waals surface area (Å²) in [6.07, 6.45) is 2.35. The van der Waals surface area contributed by atoms with Crippen molar-refractivity contribution in [3.8, 4) is 0 Å². The van der Waals surface area contributed by atoms with Gasteiger partial charge >= 0.3 is 0 Å². The average molecular weight is 267 g/mol. The summed E-state index contributed by atoms with van der Waals surface area (Å²) in [5.41, 5.74) is 1.68. The summed E-state index contributed by atoms with van der Waals surface area (Å²) < 4.78 is 0.985. The van der Waals surface area contributed by atoms with Crippen LogP contribution in [0, 0.1) is 10.1 Å². The Morgan fingerprint density at radius 1 is 1.40 bits per heavy atom. The molecule has 0 fully saturated rings. The van der Waals surface area contributed by atoms with Crippen molar-refractivity contribution >= 4 is 32.9 Å². The van der Waals surface area contributed by atoms with E-state index in [2.05, 4.69) is 20.9 Å². The maximum Gasteiger partial charge on any atom is 0.236 e. The van der Waals surface area contributed by atoms with Crippen LogP contribution in [0.4, 0.5) is 0 Å². The second kappa shape index (κ2) is 3.86. The average Bonchev–Trinajstić information content (AvgIpc) is 2.56. The summed E-state index contributed by atoms with van der Waals surface area (Å²) in [5.74, 6) is 0. The predicted octanol–water partition coefficient (Wildman–Crippen LogP) is 3.18. The molecule has 2 aromatic rings. The molecule has 0 radical (unpaired) electrons. The quantitative estimate of drug-likeness (QED) is 0.671. The third-order valence-corrected chi connectivity index (χ3v) is 2.47. The number of nitro groups is 1. The van der Waals surface area contributed by atoms with E-state index in [0.717, 1.165) is 27.3 Å². The topological polar surface area (TPSA) is 58.9 Å². The van der Waals surface area contributed by atoms with Crippen molar-refractivity contribution in [3.05, 3.63) is 50.7 Å². The number of hydrogen-bond donors (Lipinski definition) is 1. The molecule has 15 heavy (non-hydrogen) atoms. The first-order valence-corrected chi connectivity index (χ1v) is 5.04. The Balaban J connectivity index is 2.43. The Kier molecular flexibility index (Phi) is 2.55. The Morgan fingerprint density at radius 2 is 2.20 bits per heavy atom. The number of benzene rings is 1. The molecular formula is C10H7BrN2O2. The molecule has 5 heteroatoms. The van der Waals surface area contributed by atoms with Crippen LogP contribution < -0.4 is 0 Å². The summed E-state index contributed by atoms with van der Waals surface area (Å²) in [6, 6.07) is 7.65. The minimum absolute atomic E-state index is 0.485. The number of H-pyrrole nitrogens is 1. The van der Waals surface area contributed by atoms with Gasteiger partial charge in [-0.2, -0.15) is 0 Å². The molecule has 76 valence electrons. The van der Waals surface area contributed by atoms with Gasteiger partial charge in [0.2, 0.25) is 6.20 Å². The minimum Gasteiger partial charge on any atom is -0.355 e. The largest absolute Gasteiger partial charge is 0.355 e. The molecule has 0 saturated carbocycles. The Morgan fingerprint density at radius 3 is 2.93 bits per heavy atom. The van der Waals surface area contributed by atoms with Gasteiger partial charge in [-0.05, 0) is 24.3 Å². The minimum atomic E-state index is -0.485. The number of rotatable bonds is 2. The molecule has 2 rings (SSSR count). The number of aromatic nitrogens is 1. The Hall–Kier alpha value is -1.62.